The van der Waals surface area contributed by atoms with Gasteiger partial charge in [-0.3, -0.25) is 0 Å². The summed E-state index contributed by atoms with van der Waals surface area (Å²) in [6, 6.07) is 8.46. The van der Waals surface area contributed by atoms with E-state index in [-0.39, 0.29) is 11.9 Å². The van der Waals surface area contributed by atoms with Crippen molar-refractivity contribution in [1.29, 1.82) is 5.26 Å². The predicted octanol–water partition coefficient (Wildman–Crippen LogP) is 3.34. The third-order valence-electron chi connectivity index (χ3n) is 3.63. The summed E-state index contributed by atoms with van der Waals surface area (Å²) >= 11 is 0. The van der Waals surface area contributed by atoms with Crippen LogP contribution in [0.25, 0.3) is 0 Å². The maximum absolute atomic E-state index is 14.1. The van der Waals surface area contributed by atoms with Crippen LogP contribution in [0.15, 0.2) is 28.8 Å². The minimum atomic E-state index is -0.365. The Kier molecular flexibility index (Phi) is 3.15. The molecule has 0 radical (unpaired) electrons. The molecule has 3 rings (SSSR count). The van der Waals surface area contributed by atoms with E-state index in [1.165, 1.54) is 6.07 Å². The van der Waals surface area contributed by atoms with Gasteiger partial charge in [0.1, 0.15) is 17.3 Å². The van der Waals surface area contributed by atoms with Crippen LogP contribution in [0.3, 0.4) is 0 Å². The van der Waals surface area contributed by atoms with Gasteiger partial charge < -0.3 is 9.42 Å². The number of nitrogens with zero attached hydrogens (tertiary/aromatic N) is 3. The molecule has 0 N–H and O–H groups in total. The van der Waals surface area contributed by atoms with E-state index < -0.39 is 0 Å². The van der Waals surface area contributed by atoms with Crippen molar-refractivity contribution in [3.8, 4) is 6.07 Å². The second-order valence-corrected chi connectivity index (χ2v) is 4.99. The maximum Gasteiger partial charge on any atom is 0.147 e. The van der Waals surface area contributed by atoms with Gasteiger partial charge in [0.25, 0.3) is 0 Å². The first-order valence-electron chi connectivity index (χ1n) is 6.58. The zero-order valence-corrected chi connectivity index (χ0v) is 11.1. The molecule has 1 aliphatic rings. The molecule has 1 aromatic carbocycles. The smallest absolute Gasteiger partial charge is 0.147 e. The zero-order chi connectivity index (χ0) is 14.1. The highest BCUT2D eigenvalue weighted by molar-refractivity contribution is 5.53. The van der Waals surface area contributed by atoms with E-state index in [1.807, 2.05) is 24.0 Å². The Morgan fingerprint density at radius 3 is 2.95 bits per heavy atom. The minimum Gasteiger partial charge on any atom is -0.361 e. The summed E-state index contributed by atoms with van der Waals surface area (Å²) in [5.74, 6) is 0.392. The first kappa shape index (κ1) is 12.7. The summed E-state index contributed by atoms with van der Waals surface area (Å²) in [5.41, 5.74) is 1.69. The van der Waals surface area contributed by atoms with Crippen molar-refractivity contribution in [3.05, 3.63) is 47.1 Å². The lowest BCUT2D eigenvalue weighted by molar-refractivity contribution is 0.385. The Labute approximate surface area is 116 Å². The van der Waals surface area contributed by atoms with Crippen molar-refractivity contribution in [2.45, 2.75) is 25.8 Å². The van der Waals surface area contributed by atoms with E-state index in [9.17, 15) is 4.39 Å². The van der Waals surface area contributed by atoms with Crippen molar-refractivity contribution >= 4 is 5.69 Å². The van der Waals surface area contributed by atoms with Crippen LogP contribution < -0.4 is 4.90 Å². The summed E-state index contributed by atoms with van der Waals surface area (Å²) < 4.78 is 19.3. The fraction of sp³-hybridized carbons (Fsp3) is 0.333. The second kappa shape index (κ2) is 4.97. The van der Waals surface area contributed by atoms with Crippen LogP contribution in [0.5, 0.6) is 0 Å². The lowest BCUT2D eigenvalue weighted by Crippen LogP contribution is -2.23. The molecule has 20 heavy (non-hydrogen) atoms. The average Bonchev–Trinajstić information content (AvgIpc) is 3.07. The summed E-state index contributed by atoms with van der Waals surface area (Å²) in [7, 11) is 0. The molecule has 0 aliphatic carbocycles. The molecule has 0 amide bonds. The molecule has 1 fully saturated rings. The fourth-order valence-electron chi connectivity index (χ4n) is 2.71. The van der Waals surface area contributed by atoms with E-state index in [1.54, 1.807) is 12.1 Å². The Morgan fingerprint density at radius 1 is 1.45 bits per heavy atom. The van der Waals surface area contributed by atoms with Gasteiger partial charge in [0, 0.05) is 12.6 Å². The molecular weight excluding hydrogens is 257 g/mol. The molecule has 1 aliphatic heterocycles. The van der Waals surface area contributed by atoms with E-state index in [0.29, 0.717) is 11.3 Å². The predicted molar refractivity (Wildman–Crippen MR) is 71.7 cm³/mol. The maximum atomic E-state index is 14.1. The molecule has 1 atom stereocenters. The summed E-state index contributed by atoms with van der Waals surface area (Å²) in [6.45, 7) is 2.62. The standard InChI is InChI=1S/C15H14FN3O/c1-10-7-13(18-20-10)15-3-2-6-19(15)14-5-4-11(9-17)8-12(14)16/h4-5,7-8,15H,2-3,6H2,1H3. The van der Waals surface area contributed by atoms with Crippen LogP contribution in [0.2, 0.25) is 0 Å². The normalized spacial score (nSPS) is 18.2. The van der Waals surface area contributed by atoms with Crippen LogP contribution in [0, 0.1) is 24.1 Å². The number of nitriles is 1. The number of benzene rings is 1. The Morgan fingerprint density at radius 2 is 2.30 bits per heavy atom. The van der Waals surface area contributed by atoms with Crippen molar-refractivity contribution in [3.63, 3.8) is 0 Å². The highest BCUT2D eigenvalue weighted by Gasteiger charge is 2.30. The number of hydrogen-bond donors (Lipinski definition) is 0. The average molecular weight is 271 g/mol. The van der Waals surface area contributed by atoms with E-state index in [0.717, 1.165) is 30.8 Å². The topological polar surface area (TPSA) is 53.1 Å². The van der Waals surface area contributed by atoms with E-state index in [2.05, 4.69) is 5.16 Å². The molecule has 1 saturated heterocycles. The third-order valence-corrected chi connectivity index (χ3v) is 3.63. The molecule has 102 valence electrons. The Hall–Kier alpha value is -2.35. The molecule has 1 unspecified atom stereocenters. The van der Waals surface area contributed by atoms with Crippen molar-refractivity contribution in [1.82, 2.24) is 5.16 Å². The molecule has 5 heteroatoms. The zero-order valence-electron chi connectivity index (χ0n) is 11.1. The molecule has 0 saturated carbocycles. The van der Waals surface area contributed by atoms with Crippen LogP contribution in [0.4, 0.5) is 10.1 Å². The molecule has 0 bridgehead atoms. The number of rotatable bonds is 2. The van der Waals surface area contributed by atoms with Gasteiger partial charge >= 0.3 is 0 Å². The summed E-state index contributed by atoms with van der Waals surface area (Å²) in [5, 5.41) is 12.8. The first-order valence-corrected chi connectivity index (χ1v) is 6.58. The van der Waals surface area contributed by atoms with Crippen LogP contribution in [-0.4, -0.2) is 11.7 Å². The van der Waals surface area contributed by atoms with Crippen molar-refractivity contribution in [2.75, 3.05) is 11.4 Å². The van der Waals surface area contributed by atoms with E-state index >= 15 is 0 Å². The largest absolute Gasteiger partial charge is 0.361 e. The van der Waals surface area contributed by atoms with Crippen LogP contribution >= 0.6 is 0 Å². The summed E-state index contributed by atoms with van der Waals surface area (Å²) in [6.07, 6.45) is 1.90. The molecule has 2 aromatic rings. The van der Waals surface area contributed by atoms with Gasteiger partial charge in [0.2, 0.25) is 0 Å². The SMILES string of the molecule is Cc1cc(C2CCCN2c2ccc(C#N)cc2F)no1. The second-order valence-electron chi connectivity index (χ2n) is 4.99. The number of halogens is 1. The number of aryl methyl sites for hydroxylation is 1. The Balaban J connectivity index is 1.95. The van der Waals surface area contributed by atoms with Gasteiger partial charge in [0.15, 0.2) is 0 Å². The molecule has 0 spiro atoms. The van der Waals surface area contributed by atoms with Crippen LogP contribution in [-0.2, 0) is 0 Å². The minimum absolute atomic E-state index is 0.0369. The monoisotopic (exact) mass is 271 g/mol. The van der Waals surface area contributed by atoms with Gasteiger partial charge in [-0.15, -0.1) is 0 Å². The van der Waals surface area contributed by atoms with Crippen molar-refractivity contribution in [2.24, 2.45) is 0 Å². The van der Waals surface area contributed by atoms with Crippen molar-refractivity contribution < 1.29 is 8.91 Å². The number of hydrogen-bond acceptors (Lipinski definition) is 4. The Bertz CT molecular complexity index is 674. The van der Waals surface area contributed by atoms with Gasteiger partial charge in [-0.25, -0.2) is 4.39 Å². The molecule has 1 aromatic heterocycles. The molecule has 4 nitrogen and oxygen atoms in total. The summed E-state index contributed by atoms with van der Waals surface area (Å²) in [4.78, 5) is 1.99. The highest BCUT2D eigenvalue weighted by Crippen LogP contribution is 2.37. The number of aromatic nitrogens is 1. The lowest BCUT2D eigenvalue weighted by atomic mass is 10.1. The van der Waals surface area contributed by atoms with Gasteiger partial charge in [-0.1, -0.05) is 5.16 Å². The number of anilines is 1. The first-order chi connectivity index (χ1) is 9.69. The van der Waals surface area contributed by atoms with Gasteiger partial charge in [0.05, 0.1) is 23.4 Å². The quantitative estimate of drug-likeness (QED) is 0.840. The van der Waals surface area contributed by atoms with Gasteiger partial charge in [-0.05, 0) is 38.0 Å². The van der Waals surface area contributed by atoms with Crippen LogP contribution in [0.1, 0.15) is 35.9 Å². The lowest BCUT2D eigenvalue weighted by Gasteiger charge is -2.25. The van der Waals surface area contributed by atoms with Gasteiger partial charge in [-0.2, -0.15) is 5.26 Å². The highest BCUT2D eigenvalue weighted by atomic mass is 19.1. The fourth-order valence-corrected chi connectivity index (χ4v) is 2.71. The molecular formula is C15H14FN3O. The third kappa shape index (κ3) is 2.14. The molecule has 2 heterocycles. The van der Waals surface area contributed by atoms with E-state index in [4.69, 9.17) is 9.78 Å².